The minimum absolute atomic E-state index is 0.879. The molecule has 0 aliphatic rings. The number of nitrogens with one attached hydrogen (secondary N) is 1. The fraction of sp³-hybridized carbons (Fsp3) is 0.500. The first kappa shape index (κ1) is 13.3. The van der Waals surface area contributed by atoms with E-state index in [9.17, 15) is 0 Å². The molecule has 2 aromatic rings. The lowest BCUT2D eigenvalue weighted by Crippen LogP contribution is -2.13. The van der Waals surface area contributed by atoms with Crippen molar-refractivity contribution in [2.24, 2.45) is 0 Å². The minimum atomic E-state index is 0.879. The maximum atomic E-state index is 4.59. The van der Waals surface area contributed by atoms with Gasteiger partial charge in [-0.05, 0) is 31.0 Å². The Morgan fingerprint density at radius 1 is 1.39 bits per heavy atom. The molecule has 0 aliphatic heterocycles. The molecule has 1 N–H and O–H groups in total. The molecule has 0 spiro atoms. The topological polar surface area (TPSA) is 29.9 Å². The van der Waals surface area contributed by atoms with Crippen molar-refractivity contribution in [2.45, 2.75) is 39.8 Å². The molecule has 0 amide bonds. The third kappa shape index (κ3) is 3.68. The van der Waals surface area contributed by atoms with Gasteiger partial charge in [-0.15, -0.1) is 11.3 Å². The Balaban J connectivity index is 1.89. The molecular weight excluding hydrogens is 242 g/mol. The SMILES string of the molecule is CCCNCc1ccn(Cc2csc(CC)n2)c1. The molecule has 0 saturated heterocycles. The Morgan fingerprint density at radius 3 is 3.00 bits per heavy atom. The zero-order valence-corrected chi connectivity index (χ0v) is 12.0. The second-order valence-electron chi connectivity index (χ2n) is 4.45. The predicted octanol–water partition coefficient (Wildman–Crippen LogP) is 3.05. The van der Waals surface area contributed by atoms with Crippen LogP contribution in [0.2, 0.25) is 0 Å². The van der Waals surface area contributed by atoms with Crippen LogP contribution in [0.15, 0.2) is 23.8 Å². The Labute approximate surface area is 113 Å². The lowest BCUT2D eigenvalue weighted by Gasteiger charge is -2.01. The molecule has 2 aromatic heterocycles. The van der Waals surface area contributed by atoms with Crippen LogP contribution in [-0.2, 0) is 19.5 Å². The number of aryl methyl sites for hydroxylation is 1. The molecule has 2 rings (SSSR count). The van der Waals surface area contributed by atoms with Crippen LogP contribution < -0.4 is 5.32 Å². The average molecular weight is 263 g/mol. The zero-order valence-electron chi connectivity index (χ0n) is 11.1. The maximum absolute atomic E-state index is 4.59. The van der Waals surface area contributed by atoms with Crippen LogP contribution in [0, 0.1) is 0 Å². The first-order valence-corrected chi connectivity index (χ1v) is 7.48. The van der Waals surface area contributed by atoms with E-state index in [2.05, 4.69) is 52.6 Å². The summed E-state index contributed by atoms with van der Waals surface area (Å²) in [6, 6.07) is 2.18. The number of nitrogens with zero attached hydrogens (tertiary/aromatic N) is 2. The summed E-state index contributed by atoms with van der Waals surface area (Å²) in [6.07, 6.45) is 6.55. The molecular formula is C14H21N3S. The summed E-state index contributed by atoms with van der Waals surface area (Å²) in [6.45, 7) is 7.25. The molecule has 0 bridgehead atoms. The van der Waals surface area contributed by atoms with Gasteiger partial charge in [0.05, 0.1) is 17.2 Å². The molecule has 0 saturated carbocycles. The quantitative estimate of drug-likeness (QED) is 0.778. The number of aromatic nitrogens is 2. The Morgan fingerprint density at radius 2 is 2.28 bits per heavy atom. The summed E-state index contributed by atoms with van der Waals surface area (Å²) in [5, 5.41) is 6.80. The molecule has 0 fully saturated rings. The van der Waals surface area contributed by atoms with Crippen molar-refractivity contribution in [3.8, 4) is 0 Å². The van der Waals surface area contributed by atoms with Crippen molar-refractivity contribution in [2.75, 3.05) is 6.54 Å². The van der Waals surface area contributed by atoms with E-state index in [1.54, 1.807) is 11.3 Å². The van der Waals surface area contributed by atoms with Crippen molar-refractivity contribution in [3.05, 3.63) is 40.1 Å². The summed E-state index contributed by atoms with van der Waals surface area (Å²) < 4.78 is 2.21. The second kappa shape index (κ2) is 6.71. The first-order valence-electron chi connectivity index (χ1n) is 6.60. The monoisotopic (exact) mass is 263 g/mol. The highest BCUT2D eigenvalue weighted by molar-refractivity contribution is 7.09. The highest BCUT2D eigenvalue weighted by atomic mass is 32.1. The van der Waals surface area contributed by atoms with Crippen LogP contribution in [0.3, 0.4) is 0 Å². The van der Waals surface area contributed by atoms with Crippen molar-refractivity contribution in [3.63, 3.8) is 0 Å². The predicted molar refractivity (Wildman–Crippen MR) is 77.0 cm³/mol. The highest BCUT2D eigenvalue weighted by Crippen LogP contribution is 2.12. The van der Waals surface area contributed by atoms with Crippen LogP contribution >= 0.6 is 11.3 Å². The van der Waals surface area contributed by atoms with Gasteiger partial charge in [0.25, 0.3) is 0 Å². The van der Waals surface area contributed by atoms with Crippen LogP contribution in [0.5, 0.6) is 0 Å². The molecule has 4 heteroatoms. The van der Waals surface area contributed by atoms with Crippen molar-refractivity contribution in [1.82, 2.24) is 14.9 Å². The van der Waals surface area contributed by atoms with Crippen LogP contribution in [-0.4, -0.2) is 16.1 Å². The van der Waals surface area contributed by atoms with Gasteiger partial charge in [-0.1, -0.05) is 13.8 Å². The third-order valence-corrected chi connectivity index (χ3v) is 3.86. The summed E-state index contributed by atoms with van der Waals surface area (Å²) >= 11 is 1.76. The Hall–Kier alpha value is -1.13. The molecule has 0 aliphatic carbocycles. The molecule has 98 valence electrons. The van der Waals surface area contributed by atoms with Crippen molar-refractivity contribution < 1.29 is 0 Å². The van der Waals surface area contributed by atoms with Gasteiger partial charge in [-0.25, -0.2) is 4.98 Å². The van der Waals surface area contributed by atoms with Crippen molar-refractivity contribution >= 4 is 11.3 Å². The summed E-state index contributed by atoms with van der Waals surface area (Å²) in [7, 11) is 0. The lowest BCUT2D eigenvalue weighted by atomic mass is 10.3. The average Bonchev–Trinajstić information content (AvgIpc) is 3.00. The molecule has 0 aromatic carbocycles. The Kier molecular flexibility index (Phi) is 4.96. The van der Waals surface area contributed by atoms with Gasteiger partial charge in [0.1, 0.15) is 0 Å². The number of hydrogen-bond acceptors (Lipinski definition) is 3. The maximum Gasteiger partial charge on any atom is 0.0926 e. The van der Waals surface area contributed by atoms with Gasteiger partial charge in [-0.2, -0.15) is 0 Å². The number of hydrogen-bond donors (Lipinski definition) is 1. The molecule has 3 nitrogen and oxygen atoms in total. The molecule has 0 unspecified atom stereocenters. The number of thiazole rings is 1. The van der Waals surface area contributed by atoms with E-state index in [0.29, 0.717) is 0 Å². The van der Waals surface area contributed by atoms with Gasteiger partial charge in [-0.3, -0.25) is 0 Å². The zero-order chi connectivity index (χ0) is 12.8. The number of rotatable bonds is 7. The van der Waals surface area contributed by atoms with Gasteiger partial charge >= 0.3 is 0 Å². The van der Waals surface area contributed by atoms with E-state index in [-0.39, 0.29) is 0 Å². The molecule has 0 atom stereocenters. The van der Waals surface area contributed by atoms with E-state index in [1.165, 1.54) is 22.7 Å². The van der Waals surface area contributed by atoms with Crippen molar-refractivity contribution in [1.29, 1.82) is 0 Å². The normalized spacial score (nSPS) is 11.0. The van der Waals surface area contributed by atoms with E-state index in [1.807, 2.05) is 0 Å². The van der Waals surface area contributed by atoms with E-state index >= 15 is 0 Å². The van der Waals surface area contributed by atoms with E-state index in [4.69, 9.17) is 0 Å². The van der Waals surface area contributed by atoms with Crippen LogP contribution in [0.1, 0.15) is 36.5 Å². The fourth-order valence-electron chi connectivity index (χ4n) is 1.87. The van der Waals surface area contributed by atoms with Gasteiger partial charge in [0.2, 0.25) is 0 Å². The summed E-state index contributed by atoms with van der Waals surface area (Å²) in [5.74, 6) is 0. The van der Waals surface area contributed by atoms with E-state index < -0.39 is 0 Å². The molecule has 18 heavy (non-hydrogen) atoms. The summed E-state index contributed by atoms with van der Waals surface area (Å²) in [5.41, 5.74) is 2.51. The lowest BCUT2D eigenvalue weighted by molar-refractivity contribution is 0.673. The second-order valence-corrected chi connectivity index (χ2v) is 5.40. The van der Waals surface area contributed by atoms with Crippen LogP contribution in [0.4, 0.5) is 0 Å². The van der Waals surface area contributed by atoms with Gasteiger partial charge in [0.15, 0.2) is 0 Å². The standard InChI is InChI=1S/C14H21N3S/c1-3-6-15-8-12-5-7-17(9-12)10-13-11-18-14(4-2)16-13/h5,7,9,11,15H,3-4,6,8,10H2,1-2H3. The van der Waals surface area contributed by atoms with Gasteiger partial charge < -0.3 is 9.88 Å². The fourth-order valence-corrected chi connectivity index (χ4v) is 2.61. The largest absolute Gasteiger partial charge is 0.348 e. The van der Waals surface area contributed by atoms with Crippen LogP contribution in [0.25, 0.3) is 0 Å². The van der Waals surface area contributed by atoms with Gasteiger partial charge in [0, 0.05) is 24.3 Å². The minimum Gasteiger partial charge on any atom is -0.348 e. The summed E-state index contributed by atoms with van der Waals surface area (Å²) in [4.78, 5) is 4.59. The highest BCUT2D eigenvalue weighted by Gasteiger charge is 2.02. The first-order chi connectivity index (χ1) is 8.81. The Bertz CT molecular complexity index is 473. The molecule has 2 heterocycles. The smallest absolute Gasteiger partial charge is 0.0926 e. The molecule has 0 radical (unpaired) electrons. The van der Waals surface area contributed by atoms with E-state index in [0.717, 1.165) is 26.1 Å². The third-order valence-electron chi connectivity index (χ3n) is 2.81.